The second-order valence-corrected chi connectivity index (χ2v) is 20.3. The molecular weight excluding hydrogens is 841 g/mol. The molecule has 6 nitrogen and oxygen atoms in total. The van der Waals surface area contributed by atoms with Crippen molar-refractivity contribution in [2.75, 3.05) is 13.2 Å². The molecule has 0 saturated carbocycles. The minimum Gasteiger partial charge on any atom is -0.462 e. The standard InChI is InChI=1S/C62H114O6/c1-4-7-10-13-16-19-22-25-27-28-29-30-31-32-33-34-35-38-40-43-46-49-52-55-61(64)67-58-59(57-66-60(63)54-51-48-45-42-39-36-24-21-18-15-12-9-6-3)68-62(65)56-53-50-47-44-41-37-26-23-20-17-14-11-8-5-2/h21-22,24-25,28-29,59H,4-20,23,26-27,30-58H2,1-3H3/b24-21-,25-22-,29-28-. The number of ether oxygens (including phenoxy) is 3. The van der Waals surface area contributed by atoms with Crippen LogP contribution in [0.4, 0.5) is 0 Å². The van der Waals surface area contributed by atoms with Crippen molar-refractivity contribution in [3.8, 4) is 0 Å². The largest absolute Gasteiger partial charge is 0.462 e. The fraction of sp³-hybridized carbons (Fsp3) is 0.855. The molecule has 0 rings (SSSR count). The second kappa shape index (κ2) is 57.2. The summed E-state index contributed by atoms with van der Waals surface area (Å²) >= 11 is 0. The third-order valence-electron chi connectivity index (χ3n) is 13.4. The molecule has 398 valence electrons. The van der Waals surface area contributed by atoms with E-state index in [0.717, 1.165) is 70.6 Å². The molecule has 0 heterocycles. The Morgan fingerprint density at radius 3 is 0.838 bits per heavy atom. The molecule has 0 spiro atoms. The average Bonchev–Trinajstić information content (AvgIpc) is 3.34. The van der Waals surface area contributed by atoms with Crippen LogP contribution < -0.4 is 0 Å². The first-order chi connectivity index (χ1) is 33.5. The van der Waals surface area contributed by atoms with Gasteiger partial charge in [0.05, 0.1) is 0 Å². The lowest BCUT2D eigenvalue weighted by molar-refractivity contribution is -0.167. The highest BCUT2D eigenvalue weighted by Crippen LogP contribution is 2.17. The van der Waals surface area contributed by atoms with Gasteiger partial charge in [-0.3, -0.25) is 14.4 Å². The van der Waals surface area contributed by atoms with Gasteiger partial charge in [-0.15, -0.1) is 0 Å². The third kappa shape index (κ3) is 54.6. The Morgan fingerprint density at radius 2 is 0.529 bits per heavy atom. The molecule has 6 heteroatoms. The van der Waals surface area contributed by atoms with Gasteiger partial charge in [-0.05, 0) is 77.0 Å². The molecular formula is C62H114O6. The summed E-state index contributed by atoms with van der Waals surface area (Å²) in [6.45, 7) is 6.65. The van der Waals surface area contributed by atoms with Gasteiger partial charge in [0.1, 0.15) is 13.2 Å². The van der Waals surface area contributed by atoms with Gasteiger partial charge in [-0.25, -0.2) is 0 Å². The second-order valence-electron chi connectivity index (χ2n) is 20.3. The number of hydrogen-bond acceptors (Lipinski definition) is 6. The lowest BCUT2D eigenvalue weighted by atomic mass is 10.0. The Kier molecular flexibility index (Phi) is 55.2. The summed E-state index contributed by atoms with van der Waals surface area (Å²) in [6, 6.07) is 0. The summed E-state index contributed by atoms with van der Waals surface area (Å²) in [5.74, 6) is -0.864. The molecule has 0 aliphatic heterocycles. The van der Waals surface area contributed by atoms with E-state index in [4.69, 9.17) is 14.2 Å². The molecule has 0 N–H and O–H groups in total. The molecule has 1 atom stereocenters. The Morgan fingerprint density at radius 1 is 0.294 bits per heavy atom. The quantitative estimate of drug-likeness (QED) is 0.0262. The first-order valence-electron chi connectivity index (χ1n) is 30.0. The number of carbonyl (C=O) groups excluding carboxylic acids is 3. The number of esters is 3. The van der Waals surface area contributed by atoms with Crippen LogP contribution in [0.1, 0.15) is 323 Å². The minimum absolute atomic E-state index is 0.0720. The Labute approximate surface area is 423 Å². The van der Waals surface area contributed by atoms with E-state index in [1.807, 2.05) is 0 Å². The van der Waals surface area contributed by atoms with Crippen molar-refractivity contribution in [3.63, 3.8) is 0 Å². The molecule has 0 aliphatic carbocycles. The van der Waals surface area contributed by atoms with Gasteiger partial charge in [0.2, 0.25) is 0 Å². The average molecular weight is 956 g/mol. The molecule has 0 amide bonds. The summed E-state index contributed by atoms with van der Waals surface area (Å²) in [5, 5.41) is 0. The molecule has 0 radical (unpaired) electrons. The highest BCUT2D eigenvalue weighted by molar-refractivity contribution is 5.71. The lowest BCUT2D eigenvalue weighted by Crippen LogP contribution is -2.30. The predicted molar refractivity (Wildman–Crippen MR) is 293 cm³/mol. The fourth-order valence-corrected chi connectivity index (χ4v) is 8.82. The highest BCUT2D eigenvalue weighted by Gasteiger charge is 2.19. The van der Waals surface area contributed by atoms with E-state index >= 15 is 0 Å². The molecule has 0 aromatic carbocycles. The zero-order valence-corrected chi connectivity index (χ0v) is 45.6. The first kappa shape index (κ1) is 65.6. The van der Waals surface area contributed by atoms with E-state index in [2.05, 4.69) is 57.2 Å². The molecule has 0 fully saturated rings. The van der Waals surface area contributed by atoms with Crippen molar-refractivity contribution in [2.45, 2.75) is 329 Å². The van der Waals surface area contributed by atoms with Crippen molar-refractivity contribution < 1.29 is 28.6 Å². The molecule has 68 heavy (non-hydrogen) atoms. The number of unbranched alkanes of at least 4 members (excludes halogenated alkanes) is 38. The third-order valence-corrected chi connectivity index (χ3v) is 13.4. The summed E-state index contributed by atoms with van der Waals surface area (Å²) in [6.07, 6.45) is 68.5. The first-order valence-corrected chi connectivity index (χ1v) is 30.0. The Hall–Kier alpha value is -2.37. The van der Waals surface area contributed by atoms with E-state index in [1.165, 1.54) is 212 Å². The minimum atomic E-state index is -0.773. The Balaban J connectivity index is 4.27. The zero-order chi connectivity index (χ0) is 49.3. The number of allylic oxidation sites excluding steroid dienone is 6. The van der Waals surface area contributed by atoms with Crippen LogP contribution >= 0.6 is 0 Å². The zero-order valence-electron chi connectivity index (χ0n) is 45.6. The van der Waals surface area contributed by atoms with Crippen LogP contribution in [-0.4, -0.2) is 37.2 Å². The van der Waals surface area contributed by atoms with Gasteiger partial charge in [0.25, 0.3) is 0 Å². The van der Waals surface area contributed by atoms with Gasteiger partial charge >= 0.3 is 17.9 Å². The predicted octanol–water partition coefficient (Wildman–Crippen LogP) is 20.0. The smallest absolute Gasteiger partial charge is 0.306 e. The van der Waals surface area contributed by atoms with Gasteiger partial charge in [-0.2, -0.15) is 0 Å². The van der Waals surface area contributed by atoms with Crippen molar-refractivity contribution in [1.82, 2.24) is 0 Å². The van der Waals surface area contributed by atoms with Crippen LogP contribution in [0, 0.1) is 0 Å². The number of hydrogen-bond donors (Lipinski definition) is 0. The van der Waals surface area contributed by atoms with Gasteiger partial charge in [0, 0.05) is 19.3 Å². The molecule has 0 bridgehead atoms. The van der Waals surface area contributed by atoms with Crippen LogP contribution in [0.2, 0.25) is 0 Å². The van der Waals surface area contributed by atoms with Crippen LogP contribution in [0.5, 0.6) is 0 Å². The molecule has 0 aromatic heterocycles. The van der Waals surface area contributed by atoms with Gasteiger partial charge in [0.15, 0.2) is 6.10 Å². The maximum Gasteiger partial charge on any atom is 0.306 e. The van der Waals surface area contributed by atoms with Crippen molar-refractivity contribution >= 4 is 17.9 Å². The van der Waals surface area contributed by atoms with Crippen molar-refractivity contribution in [2.24, 2.45) is 0 Å². The monoisotopic (exact) mass is 955 g/mol. The van der Waals surface area contributed by atoms with Crippen LogP contribution in [-0.2, 0) is 28.6 Å². The summed E-state index contributed by atoms with van der Waals surface area (Å²) in [4.78, 5) is 38.1. The number of carbonyl (C=O) groups is 3. The molecule has 0 aromatic rings. The van der Waals surface area contributed by atoms with Crippen LogP contribution in [0.15, 0.2) is 36.5 Å². The normalized spacial score (nSPS) is 12.2. The van der Waals surface area contributed by atoms with E-state index in [0.29, 0.717) is 19.3 Å². The lowest BCUT2D eigenvalue weighted by Gasteiger charge is -2.18. The van der Waals surface area contributed by atoms with Crippen LogP contribution in [0.25, 0.3) is 0 Å². The SMILES string of the molecule is CCCCCC/C=C\CCCCCCCC(=O)OCC(COC(=O)CCCCCCCCCCCCC/C=C\C/C=C\CCCCCCC)OC(=O)CCCCCCCCCCCCCCCC. The summed E-state index contributed by atoms with van der Waals surface area (Å²) in [5.41, 5.74) is 0. The topological polar surface area (TPSA) is 78.9 Å². The molecule has 1 unspecified atom stereocenters. The Bertz CT molecular complexity index is 1140. The van der Waals surface area contributed by atoms with Crippen molar-refractivity contribution in [1.29, 1.82) is 0 Å². The molecule has 0 aliphatic rings. The van der Waals surface area contributed by atoms with E-state index in [9.17, 15) is 14.4 Å². The van der Waals surface area contributed by atoms with E-state index in [1.54, 1.807) is 0 Å². The van der Waals surface area contributed by atoms with E-state index < -0.39 is 6.10 Å². The highest BCUT2D eigenvalue weighted by atomic mass is 16.6. The number of rotatable bonds is 55. The van der Waals surface area contributed by atoms with Gasteiger partial charge < -0.3 is 14.2 Å². The van der Waals surface area contributed by atoms with Crippen molar-refractivity contribution in [3.05, 3.63) is 36.5 Å². The molecule has 0 saturated heterocycles. The maximum absolute atomic E-state index is 12.8. The van der Waals surface area contributed by atoms with E-state index in [-0.39, 0.29) is 31.1 Å². The van der Waals surface area contributed by atoms with Crippen LogP contribution in [0.3, 0.4) is 0 Å². The van der Waals surface area contributed by atoms with Gasteiger partial charge in [-0.1, -0.05) is 263 Å². The summed E-state index contributed by atoms with van der Waals surface area (Å²) < 4.78 is 16.9. The maximum atomic E-state index is 12.8. The fourth-order valence-electron chi connectivity index (χ4n) is 8.82. The summed E-state index contributed by atoms with van der Waals surface area (Å²) in [7, 11) is 0.